The van der Waals surface area contributed by atoms with Crippen molar-refractivity contribution in [1.29, 1.82) is 0 Å². The van der Waals surface area contributed by atoms with Gasteiger partial charge >= 0.3 is 5.97 Å². The third-order valence-corrected chi connectivity index (χ3v) is 4.56. The molecule has 2 rings (SSSR count). The van der Waals surface area contributed by atoms with Gasteiger partial charge in [0.1, 0.15) is 5.60 Å². The van der Waals surface area contributed by atoms with Crippen LogP contribution in [0, 0.1) is 5.92 Å². The van der Waals surface area contributed by atoms with E-state index in [1.165, 1.54) is 13.0 Å². The van der Waals surface area contributed by atoms with Gasteiger partial charge in [0.25, 0.3) is 0 Å². The number of allylic oxidation sites excluding steroid dienone is 1. The number of hydrogen-bond donors (Lipinski definition) is 0. The Morgan fingerprint density at radius 3 is 3.05 bits per heavy atom. The van der Waals surface area contributed by atoms with Crippen LogP contribution in [0.2, 0.25) is 0 Å². The molecule has 112 valence electrons. The summed E-state index contributed by atoms with van der Waals surface area (Å²) < 4.78 is 19.7. The number of esters is 1. The first-order valence-electron chi connectivity index (χ1n) is 7.54. The van der Waals surface area contributed by atoms with Crippen molar-refractivity contribution in [3.8, 4) is 0 Å². The molecule has 1 saturated carbocycles. The number of carbonyl (C=O) groups is 2. The molecule has 1 heterocycles. The average Bonchev–Trinajstić information content (AvgIpc) is 2.89. The third-order valence-electron chi connectivity index (χ3n) is 4.56. The first-order valence-corrected chi connectivity index (χ1v) is 7.54. The van der Waals surface area contributed by atoms with Crippen molar-refractivity contribution >= 4 is 11.8 Å². The molecule has 2 aliphatic rings. The SMILES string of the molecule is CCCC[C@](C)(F)C(=O)C=C[C@@]12CCC[C@H]1CC(=O)O2. The molecule has 0 unspecified atom stereocenters. The van der Waals surface area contributed by atoms with Crippen molar-refractivity contribution in [3.05, 3.63) is 12.2 Å². The number of ether oxygens (including phenoxy) is 1. The van der Waals surface area contributed by atoms with E-state index in [9.17, 15) is 14.0 Å². The topological polar surface area (TPSA) is 43.4 Å². The molecule has 1 aliphatic carbocycles. The van der Waals surface area contributed by atoms with Crippen LogP contribution in [0.1, 0.15) is 58.8 Å². The van der Waals surface area contributed by atoms with Crippen LogP contribution in [0.25, 0.3) is 0 Å². The fourth-order valence-electron chi connectivity index (χ4n) is 3.21. The van der Waals surface area contributed by atoms with E-state index in [1.807, 2.05) is 6.92 Å². The van der Waals surface area contributed by atoms with Crippen molar-refractivity contribution in [2.75, 3.05) is 0 Å². The molecule has 4 heteroatoms. The van der Waals surface area contributed by atoms with E-state index in [4.69, 9.17) is 4.74 Å². The Bertz CT molecular complexity index is 427. The quantitative estimate of drug-likeness (QED) is 0.553. The Labute approximate surface area is 119 Å². The molecule has 1 saturated heterocycles. The lowest BCUT2D eigenvalue weighted by atomic mass is 9.88. The van der Waals surface area contributed by atoms with Crippen LogP contribution in [0.15, 0.2) is 12.2 Å². The maximum atomic E-state index is 14.3. The van der Waals surface area contributed by atoms with Crippen LogP contribution in [0.4, 0.5) is 4.39 Å². The van der Waals surface area contributed by atoms with Gasteiger partial charge in [-0.05, 0) is 44.8 Å². The largest absolute Gasteiger partial charge is 0.454 e. The maximum absolute atomic E-state index is 14.3. The number of halogens is 1. The van der Waals surface area contributed by atoms with Gasteiger partial charge in [-0.15, -0.1) is 0 Å². The molecular weight excluding hydrogens is 259 g/mol. The lowest BCUT2D eigenvalue weighted by Crippen LogP contribution is -2.31. The van der Waals surface area contributed by atoms with Gasteiger partial charge in [0.15, 0.2) is 11.5 Å². The Balaban J connectivity index is 2.05. The molecule has 0 aromatic heterocycles. The summed E-state index contributed by atoms with van der Waals surface area (Å²) in [6.45, 7) is 3.30. The lowest BCUT2D eigenvalue weighted by molar-refractivity contribution is -0.145. The summed E-state index contributed by atoms with van der Waals surface area (Å²) in [4.78, 5) is 23.4. The van der Waals surface area contributed by atoms with Crippen LogP contribution >= 0.6 is 0 Å². The van der Waals surface area contributed by atoms with E-state index >= 15 is 0 Å². The van der Waals surface area contributed by atoms with E-state index in [-0.39, 0.29) is 18.3 Å². The van der Waals surface area contributed by atoms with Crippen LogP contribution in [-0.2, 0) is 14.3 Å². The second kappa shape index (κ2) is 5.66. The molecule has 0 amide bonds. The fraction of sp³-hybridized carbons (Fsp3) is 0.750. The average molecular weight is 282 g/mol. The smallest absolute Gasteiger partial charge is 0.307 e. The van der Waals surface area contributed by atoms with Gasteiger partial charge in [0, 0.05) is 5.92 Å². The molecule has 2 fully saturated rings. The molecule has 0 aromatic rings. The van der Waals surface area contributed by atoms with E-state index in [0.717, 1.165) is 25.7 Å². The molecule has 0 spiro atoms. The lowest BCUT2D eigenvalue weighted by Gasteiger charge is -2.24. The summed E-state index contributed by atoms with van der Waals surface area (Å²) in [5.74, 6) is -0.574. The number of rotatable bonds is 6. The first-order chi connectivity index (χ1) is 9.39. The fourth-order valence-corrected chi connectivity index (χ4v) is 3.21. The minimum Gasteiger partial charge on any atom is -0.454 e. The van der Waals surface area contributed by atoms with Crippen molar-refractivity contribution in [1.82, 2.24) is 0 Å². The van der Waals surface area contributed by atoms with Gasteiger partial charge in [-0.3, -0.25) is 9.59 Å². The number of hydrogen-bond acceptors (Lipinski definition) is 3. The summed E-state index contributed by atoms with van der Waals surface area (Å²) in [6.07, 6.45) is 7.81. The molecule has 1 aliphatic heterocycles. The zero-order valence-corrected chi connectivity index (χ0v) is 12.3. The minimum atomic E-state index is -1.82. The Hall–Kier alpha value is -1.19. The predicted molar refractivity (Wildman–Crippen MR) is 74.0 cm³/mol. The highest BCUT2D eigenvalue weighted by Crippen LogP contribution is 2.46. The van der Waals surface area contributed by atoms with Crippen molar-refractivity contribution in [2.45, 2.75) is 70.1 Å². The zero-order chi connectivity index (χ0) is 14.8. The van der Waals surface area contributed by atoms with Crippen LogP contribution in [-0.4, -0.2) is 23.0 Å². The molecule has 0 radical (unpaired) electrons. The number of fused-ring (bicyclic) bond motifs is 1. The highest BCUT2D eigenvalue weighted by atomic mass is 19.1. The van der Waals surface area contributed by atoms with Crippen LogP contribution in [0.3, 0.4) is 0 Å². The maximum Gasteiger partial charge on any atom is 0.307 e. The number of alkyl halides is 1. The van der Waals surface area contributed by atoms with Gasteiger partial charge in [0.05, 0.1) is 6.42 Å². The molecule has 0 bridgehead atoms. The molecule has 3 atom stereocenters. The Morgan fingerprint density at radius 1 is 1.60 bits per heavy atom. The van der Waals surface area contributed by atoms with Crippen LogP contribution < -0.4 is 0 Å². The van der Waals surface area contributed by atoms with Gasteiger partial charge in [-0.2, -0.15) is 0 Å². The van der Waals surface area contributed by atoms with E-state index in [0.29, 0.717) is 12.8 Å². The van der Waals surface area contributed by atoms with Crippen molar-refractivity contribution < 1.29 is 18.7 Å². The predicted octanol–water partition coefficient (Wildman–Crippen LogP) is 3.52. The van der Waals surface area contributed by atoms with E-state index in [2.05, 4.69) is 0 Å². The molecule has 0 N–H and O–H groups in total. The summed E-state index contributed by atoms with van der Waals surface area (Å²) in [5.41, 5.74) is -2.46. The normalized spacial score (nSPS) is 32.1. The second-order valence-electron chi connectivity index (χ2n) is 6.22. The number of ketones is 1. The number of carbonyl (C=O) groups excluding carboxylic acids is 2. The molecule has 0 aromatic carbocycles. The zero-order valence-electron chi connectivity index (χ0n) is 12.3. The van der Waals surface area contributed by atoms with Gasteiger partial charge in [0.2, 0.25) is 0 Å². The summed E-state index contributed by atoms with van der Waals surface area (Å²) in [7, 11) is 0. The molecular formula is C16H23FO3. The summed E-state index contributed by atoms with van der Waals surface area (Å²) in [6, 6.07) is 0. The summed E-state index contributed by atoms with van der Waals surface area (Å²) >= 11 is 0. The van der Waals surface area contributed by atoms with Crippen molar-refractivity contribution in [3.63, 3.8) is 0 Å². The monoisotopic (exact) mass is 282 g/mol. The molecule has 20 heavy (non-hydrogen) atoms. The van der Waals surface area contributed by atoms with Gasteiger partial charge in [-0.25, -0.2) is 4.39 Å². The number of unbranched alkanes of at least 4 members (excludes halogenated alkanes) is 1. The van der Waals surface area contributed by atoms with Crippen LogP contribution in [0.5, 0.6) is 0 Å². The standard InChI is InChI=1S/C16H23FO3/c1-3-4-8-15(2,17)13(18)7-10-16-9-5-6-12(16)11-14(19)20-16/h7,10,12H,3-6,8-9,11H2,1-2H3/t12-,15-,16-/m0/s1. The Morgan fingerprint density at radius 2 is 2.35 bits per heavy atom. The van der Waals surface area contributed by atoms with E-state index < -0.39 is 17.1 Å². The highest BCUT2D eigenvalue weighted by molar-refractivity contribution is 5.96. The van der Waals surface area contributed by atoms with Crippen molar-refractivity contribution in [2.24, 2.45) is 5.92 Å². The third kappa shape index (κ3) is 2.94. The first kappa shape index (κ1) is 15.2. The second-order valence-corrected chi connectivity index (χ2v) is 6.22. The Kier molecular flexibility index (Phi) is 4.31. The molecule has 3 nitrogen and oxygen atoms in total. The van der Waals surface area contributed by atoms with E-state index in [1.54, 1.807) is 6.08 Å². The van der Waals surface area contributed by atoms with Gasteiger partial charge < -0.3 is 4.74 Å². The highest BCUT2D eigenvalue weighted by Gasteiger charge is 2.50. The summed E-state index contributed by atoms with van der Waals surface area (Å²) in [5, 5.41) is 0. The minimum absolute atomic E-state index is 0.153. The van der Waals surface area contributed by atoms with Gasteiger partial charge in [-0.1, -0.05) is 19.8 Å².